The maximum Gasteiger partial charge on any atom is 0.123 e. The summed E-state index contributed by atoms with van der Waals surface area (Å²) in [4.78, 5) is 3.86. The Morgan fingerprint density at radius 1 is 1.42 bits per heavy atom. The van der Waals surface area contributed by atoms with Crippen LogP contribution < -0.4 is 5.73 Å². The van der Waals surface area contributed by atoms with Gasteiger partial charge in [-0.2, -0.15) is 0 Å². The lowest BCUT2D eigenvalue weighted by atomic mass is 9.87. The highest BCUT2D eigenvalue weighted by atomic mass is 14.8. The number of amidine groups is 1. The molecule has 0 saturated carbocycles. The van der Waals surface area contributed by atoms with E-state index in [-0.39, 0.29) is 5.41 Å². The average Bonchev–Trinajstić information content (AvgIpc) is 1.85. The number of allylic oxidation sites excluding steroid dienone is 1. The minimum atomic E-state index is 0.154. The molecule has 0 fully saturated rings. The van der Waals surface area contributed by atoms with Crippen molar-refractivity contribution in [2.75, 3.05) is 0 Å². The van der Waals surface area contributed by atoms with Crippen molar-refractivity contribution in [3.8, 4) is 0 Å². The summed E-state index contributed by atoms with van der Waals surface area (Å²) >= 11 is 0. The number of nitrogens with zero attached hydrogens (tertiary/aromatic N) is 1. The third-order valence-corrected chi connectivity index (χ3v) is 1.79. The molecule has 2 heteroatoms. The topological polar surface area (TPSA) is 38.4 Å². The number of aliphatic imine (C=N–C) groups is 1. The van der Waals surface area contributed by atoms with Crippen molar-refractivity contribution in [3.05, 3.63) is 24.4 Å². The first-order valence-corrected chi connectivity index (χ1v) is 4.01. The fourth-order valence-corrected chi connectivity index (χ4v) is 0.581. The van der Waals surface area contributed by atoms with Gasteiger partial charge in [-0.05, 0) is 18.4 Å². The molecule has 0 atom stereocenters. The summed E-state index contributed by atoms with van der Waals surface area (Å²) in [7, 11) is 0. The van der Waals surface area contributed by atoms with Gasteiger partial charge in [-0.3, -0.25) is 0 Å². The predicted octanol–water partition coefficient (Wildman–Crippen LogP) is 2.48. The van der Waals surface area contributed by atoms with E-state index in [9.17, 15) is 0 Å². The highest BCUT2D eigenvalue weighted by Crippen LogP contribution is 2.23. The lowest BCUT2D eigenvalue weighted by Crippen LogP contribution is -2.13. The minimum Gasteiger partial charge on any atom is -0.384 e. The second-order valence-corrected chi connectivity index (χ2v) is 3.81. The van der Waals surface area contributed by atoms with E-state index in [1.807, 2.05) is 13.0 Å². The van der Waals surface area contributed by atoms with Crippen LogP contribution in [0.25, 0.3) is 0 Å². The van der Waals surface area contributed by atoms with Gasteiger partial charge >= 0.3 is 0 Å². The quantitative estimate of drug-likeness (QED) is 0.496. The van der Waals surface area contributed by atoms with Crippen LogP contribution in [0.2, 0.25) is 0 Å². The van der Waals surface area contributed by atoms with Gasteiger partial charge in [-0.1, -0.05) is 32.9 Å². The third kappa shape index (κ3) is 3.96. The van der Waals surface area contributed by atoms with Crippen LogP contribution in [0.15, 0.2) is 29.4 Å². The van der Waals surface area contributed by atoms with Gasteiger partial charge in [0.25, 0.3) is 0 Å². The third-order valence-electron chi connectivity index (χ3n) is 1.79. The Hall–Kier alpha value is -1.05. The summed E-state index contributed by atoms with van der Waals surface area (Å²) in [6.45, 7) is 11.9. The van der Waals surface area contributed by atoms with Gasteiger partial charge < -0.3 is 5.73 Å². The van der Waals surface area contributed by atoms with Crippen molar-refractivity contribution in [3.63, 3.8) is 0 Å². The Labute approximate surface area is 74.9 Å². The number of nitrogens with two attached hydrogens (primary N) is 1. The smallest absolute Gasteiger partial charge is 0.123 e. The lowest BCUT2D eigenvalue weighted by Gasteiger charge is -2.19. The maximum absolute atomic E-state index is 5.58. The standard InChI is InChI=1S/C10H18N2/c1-6-12-9(11)7-8(2)10(3,4)5/h6-7H,1H2,2-5H3,(H2,11,12)/b8-7+. The molecule has 2 nitrogen and oxygen atoms in total. The van der Waals surface area contributed by atoms with Crippen molar-refractivity contribution in [2.45, 2.75) is 27.7 Å². The fraction of sp³-hybridized carbons (Fsp3) is 0.500. The molecule has 0 spiro atoms. The molecule has 0 aromatic heterocycles. The molecule has 12 heavy (non-hydrogen) atoms. The van der Waals surface area contributed by atoms with Crippen LogP contribution in [0.3, 0.4) is 0 Å². The Morgan fingerprint density at radius 2 is 1.92 bits per heavy atom. The van der Waals surface area contributed by atoms with E-state index in [2.05, 4.69) is 32.3 Å². The second-order valence-electron chi connectivity index (χ2n) is 3.81. The van der Waals surface area contributed by atoms with Gasteiger partial charge in [0.05, 0.1) is 0 Å². The Morgan fingerprint density at radius 3 is 2.25 bits per heavy atom. The highest BCUT2D eigenvalue weighted by molar-refractivity contribution is 5.92. The number of rotatable bonds is 2. The molecule has 0 saturated heterocycles. The van der Waals surface area contributed by atoms with Crippen molar-refractivity contribution in [1.29, 1.82) is 0 Å². The van der Waals surface area contributed by atoms with E-state index in [0.29, 0.717) is 5.84 Å². The zero-order valence-electron chi connectivity index (χ0n) is 8.39. The van der Waals surface area contributed by atoms with Crippen molar-refractivity contribution in [2.24, 2.45) is 16.1 Å². The first-order valence-electron chi connectivity index (χ1n) is 4.01. The number of hydrogen-bond donors (Lipinski definition) is 1. The molecule has 0 aliphatic heterocycles. The van der Waals surface area contributed by atoms with Crippen LogP contribution in [0.1, 0.15) is 27.7 Å². The van der Waals surface area contributed by atoms with Crippen LogP contribution in [0.5, 0.6) is 0 Å². The monoisotopic (exact) mass is 166 g/mol. The predicted molar refractivity (Wildman–Crippen MR) is 55.0 cm³/mol. The van der Waals surface area contributed by atoms with Crippen LogP contribution in [-0.4, -0.2) is 5.84 Å². The molecule has 0 aromatic carbocycles. The van der Waals surface area contributed by atoms with Crippen molar-refractivity contribution in [1.82, 2.24) is 0 Å². The van der Waals surface area contributed by atoms with Gasteiger partial charge in [0.1, 0.15) is 5.84 Å². The van der Waals surface area contributed by atoms with Gasteiger partial charge in [0.15, 0.2) is 0 Å². The molecule has 0 unspecified atom stereocenters. The molecule has 68 valence electrons. The van der Waals surface area contributed by atoms with Crippen molar-refractivity contribution >= 4 is 5.84 Å². The summed E-state index contributed by atoms with van der Waals surface area (Å²) in [5.74, 6) is 0.512. The van der Waals surface area contributed by atoms with Crippen LogP contribution in [-0.2, 0) is 0 Å². The van der Waals surface area contributed by atoms with Crippen LogP contribution >= 0.6 is 0 Å². The van der Waals surface area contributed by atoms with Gasteiger partial charge in [0, 0.05) is 6.20 Å². The van der Waals surface area contributed by atoms with Crippen LogP contribution in [0.4, 0.5) is 0 Å². The van der Waals surface area contributed by atoms with Gasteiger partial charge in [0.2, 0.25) is 0 Å². The summed E-state index contributed by atoms with van der Waals surface area (Å²) in [5, 5.41) is 0. The summed E-state index contributed by atoms with van der Waals surface area (Å²) in [5.41, 5.74) is 6.95. The molecule has 0 bridgehead atoms. The SMILES string of the molecule is C=CN=C(N)/C=C(\C)C(C)(C)C. The maximum atomic E-state index is 5.58. The van der Waals surface area contributed by atoms with E-state index in [4.69, 9.17) is 5.73 Å². The molecule has 0 rings (SSSR count). The normalized spacial score (nSPS) is 14.7. The van der Waals surface area contributed by atoms with E-state index in [1.54, 1.807) is 0 Å². The van der Waals surface area contributed by atoms with Crippen LogP contribution in [0, 0.1) is 5.41 Å². The fourth-order valence-electron chi connectivity index (χ4n) is 0.581. The van der Waals surface area contributed by atoms with Gasteiger partial charge in [-0.25, -0.2) is 4.99 Å². The molecule has 0 amide bonds. The summed E-state index contributed by atoms with van der Waals surface area (Å²) in [6, 6.07) is 0. The van der Waals surface area contributed by atoms with Gasteiger partial charge in [-0.15, -0.1) is 0 Å². The minimum absolute atomic E-state index is 0.154. The molecular formula is C10H18N2. The molecule has 0 aromatic rings. The molecule has 0 radical (unpaired) electrons. The Balaban J connectivity index is 4.57. The first kappa shape index (κ1) is 11.0. The summed E-state index contributed by atoms with van der Waals surface area (Å²) in [6.07, 6.45) is 3.32. The highest BCUT2D eigenvalue weighted by Gasteiger charge is 2.12. The average molecular weight is 166 g/mol. The van der Waals surface area contributed by atoms with E-state index >= 15 is 0 Å². The summed E-state index contributed by atoms with van der Waals surface area (Å²) < 4.78 is 0. The Bertz CT molecular complexity index is 216. The van der Waals surface area contributed by atoms with E-state index in [1.165, 1.54) is 11.8 Å². The molecule has 0 aliphatic rings. The lowest BCUT2D eigenvalue weighted by molar-refractivity contribution is 0.504. The first-order chi connectivity index (χ1) is 5.38. The number of hydrogen-bond acceptors (Lipinski definition) is 1. The van der Waals surface area contributed by atoms with E-state index < -0.39 is 0 Å². The molecule has 0 heterocycles. The molecule has 0 aliphatic carbocycles. The van der Waals surface area contributed by atoms with Crippen molar-refractivity contribution < 1.29 is 0 Å². The second kappa shape index (κ2) is 4.10. The Kier molecular flexibility index (Phi) is 3.74. The molecular weight excluding hydrogens is 148 g/mol. The molecule has 2 N–H and O–H groups in total. The van der Waals surface area contributed by atoms with E-state index in [0.717, 1.165) is 0 Å². The largest absolute Gasteiger partial charge is 0.384 e. The zero-order valence-corrected chi connectivity index (χ0v) is 8.39. The zero-order chi connectivity index (χ0) is 9.78.